The number of piperazine rings is 1. The molecule has 1 saturated heterocycles. The van der Waals surface area contributed by atoms with Gasteiger partial charge in [-0.15, -0.1) is 0 Å². The summed E-state index contributed by atoms with van der Waals surface area (Å²) in [7, 11) is 0. The van der Waals surface area contributed by atoms with Crippen LogP contribution in [0.25, 0.3) is 0 Å². The Hall–Kier alpha value is -0.970. The predicted octanol–water partition coefficient (Wildman–Crippen LogP) is 2.32. The summed E-state index contributed by atoms with van der Waals surface area (Å²) in [6.07, 6.45) is 1.00. The second kappa shape index (κ2) is 7.87. The van der Waals surface area contributed by atoms with Gasteiger partial charge in [0.25, 0.3) is 0 Å². The zero-order chi connectivity index (χ0) is 15.2. The second-order valence-electron chi connectivity index (χ2n) is 6.03. The minimum absolute atomic E-state index is 0.172. The van der Waals surface area contributed by atoms with Crippen LogP contribution in [-0.4, -0.2) is 60.3 Å². The molecule has 1 N–H and O–H groups in total. The maximum absolute atomic E-state index is 13.0. The number of rotatable bonds is 6. The quantitative estimate of drug-likeness (QED) is 0.872. The van der Waals surface area contributed by atoms with E-state index in [0.717, 1.165) is 39.1 Å². The molecule has 0 amide bonds. The smallest absolute Gasteiger partial charge is 0.123 e. The third-order valence-corrected chi connectivity index (χ3v) is 4.58. The first-order valence-electron chi connectivity index (χ1n) is 7.96. The molecule has 0 radical (unpaired) electrons. The SMILES string of the molecule is CCC(CO)N1CCN(CC(C)c2ccc(F)cc2)CC1. The van der Waals surface area contributed by atoms with Crippen molar-refractivity contribution in [2.45, 2.75) is 32.2 Å². The molecular weight excluding hydrogens is 267 g/mol. The van der Waals surface area contributed by atoms with Crippen molar-refractivity contribution in [1.29, 1.82) is 0 Å². The van der Waals surface area contributed by atoms with E-state index in [-0.39, 0.29) is 12.4 Å². The van der Waals surface area contributed by atoms with Crippen molar-refractivity contribution in [1.82, 2.24) is 9.80 Å². The highest BCUT2D eigenvalue weighted by Gasteiger charge is 2.23. The summed E-state index contributed by atoms with van der Waals surface area (Å²) in [6.45, 7) is 9.72. The van der Waals surface area contributed by atoms with Crippen LogP contribution in [0.5, 0.6) is 0 Å². The number of benzene rings is 1. The van der Waals surface area contributed by atoms with Gasteiger partial charge in [-0.05, 0) is 30.0 Å². The van der Waals surface area contributed by atoms with Crippen LogP contribution < -0.4 is 0 Å². The van der Waals surface area contributed by atoms with E-state index in [4.69, 9.17) is 0 Å². The van der Waals surface area contributed by atoms with E-state index in [1.54, 1.807) is 0 Å². The molecule has 1 fully saturated rings. The molecule has 118 valence electrons. The molecule has 0 spiro atoms. The molecule has 1 aromatic rings. The Morgan fingerprint density at radius 1 is 1.14 bits per heavy atom. The molecule has 3 nitrogen and oxygen atoms in total. The molecule has 1 aliphatic rings. The largest absolute Gasteiger partial charge is 0.395 e. The number of hydrogen-bond acceptors (Lipinski definition) is 3. The van der Waals surface area contributed by atoms with E-state index in [9.17, 15) is 9.50 Å². The lowest BCUT2D eigenvalue weighted by Gasteiger charge is -2.39. The summed E-state index contributed by atoms with van der Waals surface area (Å²) in [5, 5.41) is 9.37. The third-order valence-electron chi connectivity index (χ3n) is 4.58. The van der Waals surface area contributed by atoms with Crippen LogP contribution in [0.1, 0.15) is 31.7 Å². The molecule has 1 heterocycles. The fourth-order valence-corrected chi connectivity index (χ4v) is 3.10. The summed E-state index contributed by atoms with van der Waals surface area (Å²) >= 11 is 0. The maximum atomic E-state index is 13.0. The van der Waals surface area contributed by atoms with Gasteiger partial charge in [-0.3, -0.25) is 4.90 Å². The van der Waals surface area contributed by atoms with Crippen molar-refractivity contribution in [3.63, 3.8) is 0 Å². The van der Waals surface area contributed by atoms with Crippen LogP contribution in [0.2, 0.25) is 0 Å². The number of aliphatic hydroxyl groups is 1. The van der Waals surface area contributed by atoms with Gasteiger partial charge in [-0.2, -0.15) is 0 Å². The van der Waals surface area contributed by atoms with Crippen molar-refractivity contribution >= 4 is 0 Å². The van der Waals surface area contributed by atoms with Crippen LogP contribution >= 0.6 is 0 Å². The van der Waals surface area contributed by atoms with Gasteiger partial charge in [0.2, 0.25) is 0 Å². The fraction of sp³-hybridized carbons (Fsp3) is 0.647. The van der Waals surface area contributed by atoms with Crippen molar-refractivity contribution < 1.29 is 9.50 Å². The molecule has 2 unspecified atom stereocenters. The summed E-state index contributed by atoms with van der Waals surface area (Å²) in [5.41, 5.74) is 1.20. The number of aliphatic hydroxyl groups excluding tert-OH is 1. The van der Waals surface area contributed by atoms with Crippen LogP contribution in [-0.2, 0) is 0 Å². The van der Waals surface area contributed by atoms with E-state index < -0.39 is 0 Å². The monoisotopic (exact) mass is 294 g/mol. The Bertz CT molecular complexity index is 411. The number of nitrogens with zero attached hydrogens (tertiary/aromatic N) is 2. The standard InChI is InChI=1S/C17H27FN2O/c1-3-17(13-21)20-10-8-19(9-11-20)12-14(2)15-4-6-16(18)7-5-15/h4-7,14,17,21H,3,8-13H2,1-2H3. The molecule has 1 aliphatic heterocycles. The van der Waals surface area contributed by atoms with Gasteiger partial charge in [0.1, 0.15) is 5.82 Å². The van der Waals surface area contributed by atoms with Gasteiger partial charge in [0.05, 0.1) is 6.61 Å². The Balaban J connectivity index is 1.81. The van der Waals surface area contributed by atoms with E-state index >= 15 is 0 Å². The Kier molecular flexibility index (Phi) is 6.15. The maximum Gasteiger partial charge on any atom is 0.123 e. The fourth-order valence-electron chi connectivity index (χ4n) is 3.10. The average molecular weight is 294 g/mol. The molecule has 1 aromatic carbocycles. The average Bonchev–Trinajstić information content (AvgIpc) is 2.51. The normalized spacial score (nSPS) is 20.4. The summed E-state index contributed by atoms with van der Waals surface area (Å²) in [4.78, 5) is 4.85. The molecule has 0 aromatic heterocycles. The lowest BCUT2D eigenvalue weighted by molar-refractivity contribution is 0.0618. The van der Waals surface area contributed by atoms with Crippen molar-refractivity contribution in [2.75, 3.05) is 39.3 Å². The van der Waals surface area contributed by atoms with Crippen LogP contribution in [0.15, 0.2) is 24.3 Å². The second-order valence-corrected chi connectivity index (χ2v) is 6.03. The van der Waals surface area contributed by atoms with Crippen molar-refractivity contribution in [3.8, 4) is 0 Å². The lowest BCUT2D eigenvalue weighted by Crippen LogP contribution is -2.51. The summed E-state index contributed by atoms with van der Waals surface area (Å²) in [5.74, 6) is 0.242. The molecular formula is C17H27FN2O. The van der Waals surface area contributed by atoms with Gasteiger partial charge in [-0.1, -0.05) is 26.0 Å². The highest BCUT2D eigenvalue weighted by atomic mass is 19.1. The minimum atomic E-state index is -0.172. The molecule has 4 heteroatoms. The Morgan fingerprint density at radius 2 is 1.76 bits per heavy atom. The molecule has 0 aliphatic carbocycles. The Morgan fingerprint density at radius 3 is 2.29 bits per heavy atom. The van der Waals surface area contributed by atoms with E-state index in [1.807, 2.05) is 12.1 Å². The highest BCUT2D eigenvalue weighted by Crippen LogP contribution is 2.18. The van der Waals surface area contributed by atoms with Gasteiger partial charge in [-0.25, -0.2) is 4.39 Å². The van der Waals surface area contributed by atoms with Crippen LogP contribution in [0.3, 0.4) is 0 Å². The van der Waals surface area contributed by atoms with Gasteiger partial charge >= 0.3 is 0 Å². The van der Waals surface area contributed by atoms with Crippen molar-refractivity contribution in [3.05, 3.63) is 35.6 Å². The van der Waals surface area contributed by atoms with Crippen LogP contribution in [0, 0.1) is 5.82 Å². The zero-order valence-electron chi connectivity index (χ0n) is 13.1. The van der Waals surface area contributed by atoms with Gasteiger partial charge in [0.15, 0.2) is 0 Å². The van der Waals surface area contributed by atoms with Crippen LogP contribution in [0.4, 0.5) is 4.39 Å². The van der Waals surface area contributed by atoms with Crippen molar-refractivity contribution in [2.24, 2.45) is 0 Å². The van der Waals surface area contributed by atoms with E-state index in [1.165, 1.54) is 17.7 Å². The summed E-state index contributed by atoms with van der Waals surface area (Å²) < 4.78 is 13.0. The lowest BCUT2D eigenvalue weighted by atomic mass is 10.00. The minimum Gasteiger partial charge on any atom is -0.395 e. The van der Waals surface area contributed by atoms with E-state index in [2.05, 4.69) is 23.6 Å². The highest BCUT2D eigenvalue weighted by molar-refractivity contribution is 5.20. The molecule has 0 saturated carbocycles. The predicted molar refractivity (Wildman–Crippen MR) is 84.0 cm³/mol. The van der Waals surface area contributed by atoms with E-state index in [0.29, 0.717) is 12.0 Å². The van der Waals surface area contributed by atoms with Gasteiger partial charge in [0, 0.05) is 38.8 Å². The number of halogens is 1. The molecule has 0 bridgehead atoms. The van der Waals surface area contributed by atoms with Gasteiger partial charge < -0.3 is 10.0 Å². The zero-order valence-corrected chi connectivity index (χ0v) is 13.1. The molecule has 2 atom stereocenters. The topological polar surface area (TPSA) is 26.7 Å². The third kappa shape index (κ3) is 4.50. The molecule has 21 heavy (non-hydrogen) atoms. The first kappa shape index (κ1) is 16.4. The Labute approximate surface area is 127 Å². The summed E-state index contributed by atoms with van der Waals surface area (Å²) in [6, 6.07) is 7.15. The first-order valence-corrected chi connectivity index (χ1v) is 7.96. The molecule has 2 rings (SSSR count). The number of hydrogen-bond donors (Lipinski definition) is 1. The first-order chi connectivity index (χ1) is 10.1.